The van der Waals surface area contributed by atoms with Gasteiger partial charge in [0.15, 0.2) is 0 Å². The van der Waals surface area contributed by atoms with Crippen LogP contribution in [0.4, 0.5) is 5.69 Å². The molecule has 0 heterocycles. The van der Waals surface area contributed by atoms with E-state index in [2.05, 4.69) is 128 Å². The summed E-state index contributed by atoms with van der Waals surface area (Å²) in [6.07, 6.45) is 35.2. The molecule has 2 nitrogen and oxygen atoms in total. The topological polar surface area (TPSA) is 52.0 Å². The molecule has 5 unspecified atom stereocenters. The highest BCUT2D eigenvalue weighted by Gasteiger charge is 2.38. The fourth-order valence-electron chi connectivity index (χ4n) is 8.29. The van der Waals surface area contributed by atoms with Crippen molar-refractivity contribution >= 4 is 11.3 Å². The first-order valence-electron chi connectivity index (χ1n) is 16.3. The average Bonchev–Trinajstić information content (AvgIpc) is 3.09. The monoisotopic (exact) mass is 572 g/mol. The van der Waals surface area contributed by atoms with Crippen LogP contribution in [0.15, 0.2) is 161 Å². The van der Waals surface area contributed by atoms with Crippen molar-refractivity contribution in [2.45, 2.75) is 43.9 Å². The Morgan fingerprint density at radius 2 is 1.45 bits per heavy atom. The summed E-state index contributed by atoms with van der Waals surface area (Å²) in [5.74, 6) is 1.68. The second kappa shape index (κ2) is 11.2. The molecule has 0 saturated carbocycles. The van der Waals surface area contributed by atoms with Crippen molar-refractivity contribution in [1.82, 2.24) is 0 Å². The molecule has 0 aromatic heterocycles. The normalized spacial score (nSPS) is 28.6. The van der Waals surface area contributed by atoms with Crippen molar-refractivity contribution < 1.29 is 0 Å². The summed E-state index contributed by atoms with van der Waals surface area (Å²) in [6, 6.07) is 17.6. The summed E-state index contributed by atoms with van der Waals surface area (Å²) in [5, 5.41) is 0. The minimum Gasteiger partial charge on any atom is -0.402 e. The van der Waals surface area contributed by atoms with E-state index in [0.717, 1.165) is 43.5 Å². The van der Waals surface area contributed by atoms with E-state index in [4.69, 9.17) is 11.5 Å². The van der Waals surface area contributed by atoms with Gasteiger partial charge in [0, 0.05) is 41.0 Å². The van der Waals surface area contributed by atoms with E-state index >= 15 is 0 Å². The van der Waals surface area contributed by atoms with Crippen LogP contribution in [0.2, 0.25) is 0 Å². The smallest absolute Gasteiger partial charge is 0.0353 e. The lowest BCUT2D eigenvalue weighted by molar-refractivity contribution is 0.569. The summed E-state index contributed by atoms with van der Waals surface area (Å²) in [5.41, 5.74) is 28.0. The van der Waals surface area contributed by atoms with Gasteiger partial charge in [-0.15, -0.1) is 0 Å². The SMILES string of the molecule is NC1=CC2=C(CC1c1ccccc1)C1=C(C=C(c3ccc(N)c(C4C=C(C5C=CC=CC5)C=CC4)c3)CC1)C1C=CC=CC21. The number of fused-ring (bicyclic) bond motifs is 4. The Labute approximate surface area is 261 Å². The molecule has 0 amide bonds. The van der Waals surface area contributed by atoms with Gasteiger partial charge in [0.25, 0.3) is 0 Å². The molecule has 2 heteroatoms. The quantitative estimate of drug-likeness (QED) is 0.359. The first kappa shape index (κ1) is 27.0. The zero-order chi connectivity index (χ0) is 29.6. The van der Waals surface area contributed by atoms with E-state index in [1.54, 1.807) is 5.57 Å². The van der Waals surface area contributed by atoms with Gasteiger partial charge in [-0.25, -0.2) is 0 Å². The van der Waals surface area contributed by atoms with Gasteiger partial charge in [0.2, 0.25) is 0 Å². The van der Waals surface area contributed by atoms with Crippen LogP contribution in [0.25, 0.3) is 5.57 Å². The maximum Gasteiger partial charge on any atom is 0.0353 e. The number of nitrogen functional groups attached to an aromatic ring is 1. The lowest BCUT2D eigenvalue weighted by Gasteiger charge is -2.41. The molecule has 6 aliphatic carbocycles. The van der Waals surface area contributed by atoms with E-state index < -0.39 is 0 Å². The van der Waals surface area contributed by atoms with Crippen molar-refractivity contribution in [3.05, 3.63) is 178 Å². The predicted molar refractivity (Wildman–Crippen MR) is 184 cm³/mol. The van der Waals surface area contributed by atoms with Gasteiger partial charge < -0.3 is 11.5 Å². The van der Waals surface area contributed by atoms with E-state index in [0.29, 0.717) is 23.7 Å². The third-order valence-corrected chi connectivity index (χ3v) is 10.6. The molecule has 218 valence electrons. The van der Waals surface area contributed by atoms with Crippen molar-refractivity contribution in [2.24, 2.45) is 23.5 Å². The van der Waals surface area contributed by atoms with Crippen LogP contribution in [-0.2, 0) is 0 Å². The third-order valence-electron chi connectivity index (χ3n) is 10.6. The standard InChI is InChI=1S/C42H40N2/c43-41-21-19-31(23-36(41)32-15-9-14-29(22-32)27-10-3-1-4-11-27)30-18-20-35-38(24-30)33-16-7-8-17-34(33)40-26-42(44)37(25-39(35)40)28-12-5-2-6-13-28/h1-10,12-14,16-17,19,21-24,26-27,32-34,37H,11,15,18,20,25,43-44H2. The maximum absolute atomic E-state index is 6.78. The fraction of sp³-hybridized carbons (Fsp3) is 0.238. The van der Waals surface area contributed by atoms with Gasteiger partial charge in [-0.05, 0) is 100 Å². The molecular weight excluding hydrogens is 532 g/mol. The Morgan fingerprint density at radius 1 is 0.682 bits per heavy atom. The molecule has 0 aliphatic heterocycles. The number of hydrogen-bond donors (Lipinski definition) is 2. The number of benzene rings is 2. The van der Waals surface area contributed by atoms with Gasteiger partial charge >= 0.3 is 0 Å². The molecule has 2 aromatic rings. The summed E-state index contributed by atoms with van der Waals surface area (Å²) < 4.78 is 0. The zero-order valence-corrected chi connectivity index (χ0v) is 25.2. The van der Waals surface area contributed by atoms with Crippen LogP contribution >= 0.6 is 0 Å². The third kappa shape index (κ3) is 4.74. The van der Waals surface area contributed by atoms with Gasteiger partial charge in [0.1, 0.15) is 0 Å². The molecule has 4 N–H and O–H groups in total. The minimum absolute atomic E-state index is 0.232. The van der Waals surface area contributed by atoms with Crippen LogP contribution in [0.5, 0.6) is 0 Å². The van der Waals surface area contributed by atoms with E-state index in [-0.39, 0.29) is 5.92 Å². The highest BCUT2D eigenvalue weighted by molar-refractivity contribution is 5.76. The van der Waals surface area contributed by atoms with Crippen LogP contribution in [0.1, 0.15) is 60.6 Å². The molecule has 44 heavy (non-hydrogen) atoms. The Kier molecular flexibility index (Phi) is 6.86. The molecule has 0 spiro atoms. The Bertz CT molecular complexity index is 1810. The van der Waals surface area contributed by atoms with Gasteiger partial charge in [-0.3, -0.25) is 0 Å². The summed E-state index contributed by atoms with van der Waals surface area (Å²) in [6.45, 7) is 0. The first-order valence-corrected chi connectivity index (χ1v) is 16.3. The molecule has 2 aromatic carbocycles. The molecule has 0 radical (unpaired) electrons. The second-order valence-electron chi connectivity index (χ2n) is 13.1. The van der Waals surface area contributed by atoms with Crippen LogP contribution < -0.4 is 11.5 Å². The lowest BCUT2D eigenvalue weighted by Crippen LogP contribution is -2.29. The highest BCUT2D eigenvalue weighted by atomic mass is 14.6. The van der Waals surface area contributed by atoms with Gasteiger partial charge in [-0.2, -0.15) is 0 Å². The van der Waals surface area contributed by atoms with E-state index in [1.165, 1.54) is 44.6 Å². The molecular formula is C42H40N2. The van der Waals surface area contributed by atoms with E-state index in [9.17, 15) is 0 Å². The molecule has 0 saturated heterocycles. The summed E-state index contributed by atoms with van der Waals surface area (Å²) in [7, 11) is 0. The lowest BCUT2D eigenvalue weighted by atomic mass is 9.63. The van der Waals surface area contributed by atoms with Crippen LogP contribution in [0, 0.1) is 17.8 Å². The number of hydrogen-bond acceptors (Lipinski definition) is 2. The number of nitrogens with two attached hydrogens (primary N) is 2. The zero-order valence-electron chi connectivity index (χ0n) is 25.2. The average molecular weight is 573 g/mol. The fourth-order valence-corrected chi connectivity index (χ4v) is 8.29. The molecule has 8 rings (SSSR count). The van der Waals surface area contributed by atoms with E-state index in [1.807, 2.05) is 0 Å². The Balaban J connectivity index is 1.15. The van der Waals surface area contributed by atoms with Gasteiger partial charge in [-0.1, -0.05) is 109 Å². The minimum atomic E-state index is 0.232. The first-order chi connectivity index (χ1) is 21.6. The molecule has 0 fully saturated rings. The van der Waals surface area contributed by atoms with Crippen molar-refractivity contribution in [3.8, 4) is 0 Å². The number of anilines is 1. The second-order valence-corrected chi connectivity index (χ2v) is 13.1. The van der Waals surface area contributed by atoms with Crippen molar-refractivity contribution in [1.29, 1.82) is 0 Å². The molecule has 5 atom stereocenters. The Hall–Kier alpha value is -4.56. The predicted octanol–water partition coefficient (Wildman–Crippen LogP) is 9.54. The van der Waals surface area contributed by atoms with Crippen LogP contribution in [-0.4, -0.2) is 0 Å². The van der Waals surface area contributed by atoms with Crippen molar-refractivity contribution in [3.63, 3.8) is 0 Å². The summed E-state index contributed by atoms with van der Waals surface area (Å²) >= 11 is 0. The van der Waals surface area contributed by atoms with Gasteiger partial charge in [0.05, 0.1) is 0 Å². The number of rotatable bonds is 4. The van der Waals surface area contributed by atoms with Crippen LogP contribution in [0.3, 0.4) is 0 Å². The molecule has 6 aliphatic rings. The summed E-state index contributed by atoms with van der Waals surface area (Å²) in [4.78, 5) is 0. The Morgan fingerprint density at radius 3 is 2.25 bits per heavy atom. The highest BCUT2D eigenvalue weighted by Crippen LogP contribution is 2.52. The molecule has 0 bridgehead atoms. The largest absolute Gasteiger partial charge is 0.402 e. The number of allylic oxidation sites excluding steroid dienone is 20. The maximum atomic E-state index is 6.78. The van der Waals surface area contributed by atoms with Crippen molar-refractivity contribution in [2.75, 3.05) is 5.73 Å².